The molecule has 0 saturated carbocycles. The van der Waals surface area contributed by atoms with Gasteiger partial charge in [0.2, 0.25) is 0 Å². The van der Waals surface area contributed by atoms with Crippen LogP contribution in [0.2, 0.25) is 0 Å². The summed E-state index contributed by atoms with van der Waals surface area (Å²) in [5.74, 6) is 0.330. The number of hydrogen-bond donors (Lipinski definition) is 2. The van der Waals surface area contributed by atoms with Crippen LogP contribution >= 0.6 is 0 Å². The van der Waals surface area contributed by atoms with E-state index in [9.17, 15) is 4.79 Å². The zero-order valence-corrected chi connectivity index (χ0v) is 13.2. The molecule has 122 valence electrons. The third-order valence-corrected chi connectivity index (χ3v) is 3.65. The number of aromatic nitrogens is 1. The summed E-state index contributed by atoms with van der Waals surface area (Å²) in [6.07, 6.45) is 1.69. The van der Waals surface area contributed by atoms with Crippen molar-refractivity contribution in [2.75, 3.05) is 19.5 Å². The van der Waals surface area contributed by atoms with Crippen LogP contribution in [0.25, 0.3) is 10.9 Å². The third-order valence-electron chi connectivity index (χ3n) is 3.65. The molecule has 2 N–H and O–H groups in total. The van der Waals surface area contributed by atoms with E-state index < -0.39 is 5.97 Å². The number of pyridine rings is 1. The Balaban J connectivity index is 2.04. The van der Waals surface area contributed by atoms with Crippen molar-refractivity contribution in [3.8, 4) is 11.5 Å². The SMILES string of the molecule is COc1cc(OC)c2nccc(Nc3ccc(C(=O)O)cc3)c2c1. The molecule has 0 bridgehead atoms. The molecule has 24 heavy (non-hydrogen) atoms. The first kappa shape index (κ1) is 15.6. The van der Waals surface area contributed by atoms with Gasteiger partial charge in [-0.1, -0.05) is 0 Å². The maximum Gasteiger partial charge on any atom is 0.335 e. The van der Waals surface area contributed by atoms with Crippen LogP contribution in [0.4, 0.5) is 11.4 Å². The highest BCUT2D eigenvalue weighted by Gasteiger charge is 2.10. The Bertz CT molecular complexity index is 891. The van der Waals surface area contributed by atoms with Gasteiger partial charge in [-0.15, -0.1) is 0 Å². The lowest BCUT2D eigenvalue weighted by atomic mass is 10.1. The zero-order valence-electron chi connectivity index (χ0n) is 13.2. The molecule has 1 heterocycles. The van der Waals surface area contributed by atoms with Crippen LogP contribution < -0.4 is 14.8 Å². The van der Waals surface area contributed by atoms with Gasteiger partial charge in [-0.25, -0.2) is 4.79 Å². The maximum absolute atomic E-state index is 10.9. The number of fused-ring (bicyclic) bond motifs is 1. The van der Waals surface area contributed by atoms with Crippen LogP contribution in [0.1, 0.15) is 10.4 Å². The summed E-state index contributed by atoms with van der Waals surface area (Å²) in [7, 11) is 3.18. The van der Waals surface area contributed by atoms with Crippen LogP contribution in [0.15, 0.2) is 48.7 Å². The minimum atomic E-state index is -0.953. The topological polar surface area (TPSA) is 80.7 Å². The standard InChI is InChI=1S/C18H16N2O4/c1-23-13-9-14-15(7-8-19-17(14)16(10-13)24-2)20-12-5-3-11(4-6-12)18(21)22/h3-10H,1-2H3,(H,19,20)(H,21,22). The molecule has 0 radical (unpaired) electrons. The van der Waals surface area contributed by atoms with Gasteiger partial charge in [0.25, 0.3) is 0 Å². The number of rotatable bonds is 5. The molecule has 0 amide bonds. The number of nitrogens with one attached hydrogen (secondary N) is 1. The lowest BCUT2D eigenvalue weighted by molar-refractivity contribution is 0.0697. The summed E-state index contributed by atoms with van der Waals surface area (Å²) in [6, 6.07) is 12.0. The first-order chi connectivity index (χ1) is 11.6. The summed E-state index contributed by atoms with van der Waals surface area (Å²) in [5.41, 5.74) is 2.54. The molecule has 1 aromatic heterocycles. The summed E-state index contributed by atoms with van der Waals surface area (Å²) in [5, 5.41) is 13.1. The summed E-state index contributed by atoms with van der Waals surface area (Å²) in [4.78, 5) is 15.3. The quantitative estimate of drug-likeness (QED) is 0.745. The van der Waals surface area contributed by atoms with Crippen molar-refractivity contribution < 1.29 is 19.4 Å². The van der Waals surface area contributed by atoms with Crippen molar-refractivity contribution in [1.82, 2.24) is 4.98 Å². The molecule has 0 unspecified atom stereocenters. The van der Waals surface area contributed by atoms with Crippen molar-refractivity contribution in [1.29, 1.82) is 0 Å². The number of carboxylic acids is 1. The van der Waals surface area contributed by atoms with E-state index in [0.29, 0.717) is 17.0 Å². The Kier molecular flexibility index (Phi) is 4.20. The highest BCUT2D eigenvalue weighted by atomic mass is 16.5. The van der Waals surface area contributed by atoms with Crippen molar-refractivity contribution >= 4 is 28.2 Å². The molecule has 0 saturated heterocycles. The van der Waals surface area contributed by atoms with Crippen LogP contribution in [-0.2, 0) is 0 Å². The molecule has 2 aromatic carbocycles. The van der Waals surface area contributed by atoms with Crippen LogP contribution in [0, 0.1) is 0 Å². The maximum atomic E-state index is 10.9. The van der Waals surface area contributed by atoms with Crippen LogP contribution in [-0.4, -0.2) is 30.3 Å². The number of ether oxygens (including phenoxy) is 2. The fourth-order valence-corrected chi connectivity index (χ4v) is 2.43. The highest BCUT2D eigenvalue weighted by Crippen LogP contribution is 2.34. The van der Waals surface area contributed by atoms with Gasteiger partial charge in [0.05, 0.1) is 19.8 Å². The van der Waals surface area contributed by atoms with Gasteiger partial charge in [0, 0.05) is 29.0 Å². The molecule has 0 aliphatic carbocycles. The monoisotopic (exact) mass is 324 g/mol. The van der Waals surface area contributed by atoms with E-state index in [1.54, 1.807) is 50.7 Å². The lowest BCUT2D eigenvalue weighted by Crippen LogP contribution is -1.98. The number of benzene rings is 2. The second kappa shape index (κ2) is 6.45. The van der Waals surface area contributed by atoms with Gasteiger partial charge in [-0.3, -0.25) is 4.98 Å². The molecule has 6 nitrogen and oxygen atoms in total. The molecule has 0 fully saturated rings. The number of aromatic carboxylic acids is 1. The molecule has 3 aromatic rings. The van der Waals surface area contributed by atoms with Crippen LogP contribution in [0.3, 0.4) is 0 Å². The molecule has 0 aliphatic rings. The predicted octanol–water partition coefficient (Wildman–Crippen LogP) is 3.69. The Labute approximate surface area is 138 Å². The van der Waals surface area contributed by atoms with Crippen molar-refractivity contribution in [3.05, 3.63) is 54.2 Å². The van der Waals surface area contributed by atoms with Crippen molar-refractivity contribution in [3.63, 3.8) is 0 Å². The number of carbonyl (C=O) groups is 1. The van der Waals surface area contributed by atoms with E-state index >= 15 is 0 Å². The van der Waals surface area contributed by atoms with Gasteiger partial charge >= 0.3 is 5.97 Å². The highest BCUT2D eigenvalue weighted by molar-refractivity contribution is 5.97. The van der Waals surface area contributed by atoms with Crippen LogP contribution in [0.5, 0.6) is 11.5 Å². The lowest BCUT2D eigenvalue weighted by Gasteiger charge is -2.13. The molecule has 0 aliphatic heterocycles. The largest absolute Gasteiger partial charge is 0.497 e. The second-order valence-corrected chi connectivity index (χ2v) is 5.09. The van der Waals surface area contributed by atoms with Gasteiger partial charge in [0.1, 0.15) is 17.0 Å². The zero-order chi connectivity index (χ0) is 17.1. The summed E-state index contributed by atoms with van der Waals surface area (Å²) >= 11 is 0. The van der Waals surface area contributed by atoms with E-state index in [1.165, 1.54) is 0 Å². The number of nitrogens with zero attached hydrogens (tertiary/aromatic N) is 1. The normalized spacial score (nSPS) is 10.4. The predicted molar refractivity (Wildman–Crippen MR) is 91.5 cm³/mol. The summed E-state index contributed by atoms with van der Waals surface area (Å²) < 4.78 is 10.7. The molecular weight excluding hydrogens is 308 g/mol. The number of anilines is 2. The van der Waals surface area contributed by atoms with E-state index in [2.05, 4.69) is 10.3 Å². The van der Waals surface area contributed by atoms with Gasteiger partial charge in [-0.2, -0.15) is 0 Å². The minimum Gasteiger partial charge on any atom is -0.497 e. The number of carboxylic acid groups (broad SMARTS) is 1. The minimum absolute atomic E-state index is 0.239. The number of methoxy groups -OCH3 is 2. The molecule has 0 atom stereocenters. The molecular formula is C18H16N2O4. The van der Waals surface area contributed by atoms with E-state index in [4.69, 9.17) is 14.6 Å². The van der Waals surface area contributed by atoms with Crippen molar-refractivity contribution in [2.45, 2.75) is 0 Å². The van der Waals surface area contributed by atoms with E-state index in [0.717, 1.165) is 16.8 Å². The molecule has 6 heteroatoms. The fourth-order valence-electron chi connectivity index (χ4n) is 2.43. The Morgan fingerprint density at radius 2 is 1.83 bits per heavy atom. The Hall–Kier alpha value is -3.28. The summed E-state index contributed by atoms with van der Waals surface area (Å²) in [6.45, 7) is 0. The van der Waals surface area contributed by atoms with E-state index in [1.807, 2.05) is 12.1 Å². The smallest absolute Gasteiger partial charge is 0.335 e. The first-order valence-corrected chi connectivity index (χ1v) is 7.23. The molecule has 3 rings (SSSR count). The molecule has 0 spiro atoms. The number of hydrogen-bond acceptors (Lipinski definition) is 5. The third kappa shape index (κ3) is 2.94. The van der Waals surface area contributed by atoms with Gasteiger partial charge in [-0.05, 0) is 36.4 Å². The Morgan fingerprint density at radius 1 is 1.08 bits per heavy atom. The first-order valence-electron chi connectivity index (χ1n) is 7.23. The van der Waals surface area contributed by atoms with E-state index in [-0.39, 0.29) is 5.56 Å². The Morgan fingerprint density at radius 3 is 2.46 bits per heavy atom. The van der Waals surface area contributed by atoms with Gasteiger partial charge in [0.15, 0.2) is 0 Å². The fraction of sp³-hybridized carbons (Fsp3) is 0.111. The second-order valence-electron chi connectivity index (χ2n) is 5.09. The average Bonchev–Trinajstić information content (AvgIpc) is 2.61. The average molecular weight is 324 g/mol. The van der Waals surface area contributed by atoms with Crippen molar-refractivity contribution in [2.24, 2.45) is 0 Å². The van der Waals surface area contributed by atoms with Gasteiger partial charge < -0.3 is 19.9 Å².